The number of rotatable bonds is 5. The highest BCUT2D eigenvalue weighted by Gasteiger charge is 2.11. The van der Waals surface area contributed by atoms with Crippen LogP contribution in [0.15, 0.2) is 34.3 Å². The largest absolute Gasteiger partial charge is 0.368 e. The third-order valence-electron chi connectivity index (χ3n) is 2.42. The lowest BCUT2D eigenvalue weighted by atomic mass is 10.1. The molecule has 0 fully saturated rings. The van der Waals surface area contributed by atoms with Crippen LogP contribution in [0.25, 0.3) is 0 Å². The molecule has 9 heteroatoms. The molecule has 1 aromatic carbocycles. The smallest absolute Gasteiger partial charge is 0.216 e. The Kier molecular flexibility index (Phi) is 4.09. The minimum Gasteiger partial charge on any atom is -0.368 e. The number of hydrogen-bond donors (Lipinski definition) is 2. The Balaban J connectivity index is 2.02. The number of aromatic amines is 1. The molecule has 1 aromatic heterocycles. The number of nitrogen functional groups attached to an aromatic ring is 1. The quantitative estimate of drug-likeness (QED) is 0.618. The van der Waals surface area contributed by atoms with Gasteiger partial charge in [-0.15, -0.1) is 5.10 Å². The van der Waals surface area contributed by atoms with Crippen LogP contribution < -0.4 is 5.73 Å². The first kappa shape index (κ1) is 14.5. The van der Waals surface area contributed by atoms with Crippen LogP contribution in [0.5, 0.6) is 0 Å². The summed E-state index contributed by atoms with van der Waals surface area (Å²) in [5.74, 6) is 0.200. The first-order valence-electron chi connectivity index (χ1n) is 5.50. The molecule has 0 aliphatic rings. The topological polar surface area (TPSA) is 119 Å². The standard InChI is InChI=1S/C11H12N4O3S2/c1-20(17,18)8-4-2-7(3-5-8)9(16)6-19-11-13-10(12)14-15-11/h2-5H,6H2,1H3,(H3,12,13,14,15). The molecule has 0 atom stereocenters. The summed E-state index contributed by atoms with van der Waals surface area (Å²) in [5.41, 5.74) is 5.81. The molecule has 20 heavy (non-hydrogen) atoms. The Morgan fingerprint density at radius 1 is 1.35 bits per heavy atom. The van der Waals surface area contributed by atoms with Crippen molar-refractivity contribution in [3.8, 4) is 0 Å². The highest BCUT2D eigenvalue weighted by molar-refractivity contribution is 7.99. The van der Waals surface area contributed by atoms with Crippen molar-refractivity contribution in [3.05, 3.63) is 29.8 Å². The molecule has 0 unspecified atom stereocenters. The number of nitrogens with one attached hydrogen (secondary N) is 1. The van der Waals surface area contributed by atoms with E-state index < -0.39 is 9.84 Å². The highest BCUT2D eigenvalue weighted by Crippen LogP contribution is 2.16. The highest BCUT2D eigenvalue weighted by atomic mass is 32.2. The van der Waals surface area contributed by atoms with E-state index in [1.54, 1.807) is 0 Å². The summed E-state index contributed by atoms with van der Waals surface area (Å²) in [6.45, 7) is 0. The van der Waals surface area contributed by atoms with Crippen molar-refractivity contribution in [2.45, 2.75) is 10.1 Å². The van der Waals surface area contributed by atoms with Gasteiger partial charge in [-0.1, -0.05) is 23.9 Å². The summed E-state index contributed by atoms with van der Waals surface area (Å²) in [6.07, 6.45) is 1.12. The number of anilines is 1. The van der Waals surface area contributed by atoms with Gasteiger partial charge in [0, 0.05) is 11.8 Å². The van der Waals surface area contributed by atoms with Gasteiger partial charge < -0.3 is 5.73 Å². The normalized spacial score (nSPS) is 11.4. The first-order valence-corrected chi connectivity index (χ1v) is 8.38. The second-order valence-electron chi connectivity index (χ2n) is 4.01. The molecule has 0 spiro atoms. The zero-order valence-corrected chi connectivity index (χ0v) is 12.2. The van der Waals surface area contributed by atoms with Gasteiger partial charge in [-0.3, -0.25) is 4.79 Å². The van der Waals surface area contributed by atoms with Crippen molar-refractivity contribution in [2.75, 3.05) is 17.7 Å². The molecule has 0 saturated heterocycles. The Labute approximate surface area is 119 Å². The van der Waals surface area contributed by atoms with E-state index in [0.29, 0.717) is 10.7 Å². The SMILES string of the molecule is CS(=O)(=O)c1ccc(C(=O)CSc2n[nH]c(N)n2)cc1. The number of nitrogens with two attached hydrogens (primary N) is 1. The van der Waals surface area contributed by atoms with Crippen molar-refractivity contribution in [1.82, 2.24) is 15.2 Å². The molecule has 106 valence electrons. The van der Waals surface area contributed by atoms with Gasteiger partial charge in [-0.2, -0.15) is 4.98 Å². The van der Waals surface area contributed by atoms with E-state index in [-0.39, 0.29) is 22.4 Å². The minimum atomic E-state index is -3.25. The van der Waals surface area contributed by atoms with Gasteiger partial charge in [-0.25, -0.2) is 13.5 Å². The monoisotopic (exact) mass is 312 g/mol. The Bertz CT molecular complexity index is 722. The molecule has 3 N–H and O–H groups in total. The predicted molar refractivity (Wildman–Crippen MR) is 75.4 cm³/mol. The molecule has 0 amide bonds. The average Bonchev–Trinajstić information content (AvgIpc) is 2.81. The molecule has 1 heterocycles. The van der Waals surface area contributed by atoms with Crippen LogP contribution in [0.1, 0.15) is 10.4 Å². The predicted octanol–water partition coefficient (Wildman–Crippen LogP) is 0.765. The Morgan fingerprint density at radius 2 is 2.00 bits per heavy atom. The van der Waals surface area contributed by atoms with E-state index in [1.807, 2.05) is 0 Å². The maximum atomic E-state index is 11.9. The lowest BCUT2D eigenvalue weighted by Crippen LogP contribution is -2.04. The molecule has 2 rings (SSSR count). The summed E-state index contributed by atoms with van der Waals surface area (Å²) < 4.78 is 22.6. The first-order chi connectivity index (χ1) is 9.36. The fourth-order valence-corrected chi connectivity index (χ4v) is 2.75. The molecule has 7 nitrogen and oxygen atoms in total. The van der Waals surface area contributed by atoms with Gasteiger partial charge in [0.25, 0.3) is 0 Å². The number of Topliss-reactive ketones (excluding diaryl/α,β-unsaturated/α-hetero) is 1. The third-order valence-corrected chi connectivity index (χ3v) is 4.39. The third kappa shape index (κ3) is 3.58. The van der Waals surface area contributed by atoms with E-state index in [2.05, 4.69) is 15.2 Å². The van der Waals surface area contributed by atoms with Crippen molar-refractivity contribution in [2.24, 2.45) is 0 Å². The van der Waals surface area contributed by atoms with Gasteiger partial charge in [0.1, 0.15) is 0 Å². The number of thioether (sulfide) groups is 1. The van der Waals surface area contributed by atoms with Crippen LogP contribution in [-0.4, -0.2) is 41.4 Å². The van der Waals surface area contributed by atoms with E-state index in [4.69, 9.17) is 5.73 Å². The van der Waals surface area contributed by atoms with E-state index in [1.165, 1.54) is 24.3 Å². The number of carbonyl (C=O) groups is 1. The Hall–Kier alpha value is -1.87. The van der Waals surface area contributed by atoms with E-state index >= 15 is 0 Å². The maximum absolute atomic E-state index is 11.9. The van der Waals surface area contributed by atoms with Gasteiger partial charge in [0.2, 0.25) is 11.1 Å². The van der Waals surface area contributed by atoms with E-state index in [9.17, 15) is 13.2 Å². The Morgan fingerprint density at radius 3 is 2.50 bits per heavy atom. The fraction of sp³-hybridized carbons (Fsp3) is 0.182. The lowest BCUT2D eigenvalue weighted by Gasteiger charge is -2.01. The number of hydrogen-bond acceptors (Lipinski definition) is 7. The molecule has 0 aliphatic heterocycles. The second kappa shape index (κ2) is 5.63. The number of sulfone groups is 1. The molecule has 0 saturated carbocycles. The fourth-order valence-electron chi connectivity index (χ4n) is 1.42. The van der Waals surface area contributed by atoms with Crippen molar-refractivity contribution < 1.29 is 13.2 Å². The maximum Gasteiger partial charge on any atom is 0.216 e. The number of carbonyl (C=O) groups excluding carboxylic acids is 1. The zero-order valence-electron chi connectivity index (χ0n) is 10.5. The second-order valence-corrected chi connectivity index (χ2v) is 6.97. The molecule has 0 bridgehead atoms. The number of aromatic nitrogens is 3. The number of benzene rings is 1. The van der Waals surface area contributed by atoms with Crippen LogP contribution in [0.4, 0.5) is 5.95 Å². The number of ketones is 1. The van der Waals surface area contributed by atoms with Crippen LogP contribution in [-0.2, 0) is 9.84 Å². The summed E-state index contributed by atoms with van der Waals surface area (Å²) in [6, 6.07) is 5.81. The van der Waals surface area contributed by atoms with E-state index in [0.717, 1.165) is 18.0 Å². The van der Waals surface area contributed by atoms with Crippen molar-refractivity contribution >= 4 is 33.3 Å². The summed E-state index contributed by atoms with van der Waals surface area (Å²) in [7, 11) is -3.25. The summed E-state index contributed by atoms with van der Waals surface area (Å²) in [5, 5.41) is 6.66. The number of nitrogens with zero attached hydrogens (tertiary/aromatic N) is 2. The molecule has 0 radical (unpaired) electrons. The average molecular weight is 312 g/mol. The van der Waals surface area contributed by atoms with Gasteiger partial charge in [-0.05, 0) is 12.1 Å². The molecular formula is C11H12N4O3S2. The van der Waals surface area contributed by atoms with Crippen LogP contribution in [0.3, 0.4) is 0 Å². The van der Waals surface area contributed by atoms with Gasteiger partial charge >= 0.3 is 0 Å². The minimum absolute atomic E-state index is 0.140. The molecular weight excluding hydrogens is 300 g/mol. The van der Waals surface area contributed by atoms with Gasteiger partial charge in [0.05, 0.1) is 10.6 Å². The van der Waals surface area contributed by atoms with Gasteiger partial charge in [0.15, 0.2) is 15.6 Å². The molecule has 0 aliphatic carbocycles. The van der Waals surface area contributed by atoms with Crippen molar-refractivity contribution in [3.63, 3.8) is 0 Å². The zero-order chi connectivity index (χ0) is 14.8. The summed E-state index contributed by atoms with van der Waals surface area (Å²) >= 11 is 1.15. The van der Waals surface area contributed by atoms with Crippen molar-refractivity contribution in [1.29, 1.82) is 0 Å². The number of H-pyrrole nitrogens is 1. The molecule has 2 aromatic rings. The van der Waals surface area contributed by atoms with Crippen LogP contribution in [0, 0.1) is 0 Å². The summed E-state index contributed by atoms with van der Waals surface area (Å²) in [4.78, 5) is 16.0. The van der Waals surface area contributed by atoms with Crippen LogP contribution >= 0.6 is 11.8 Å². The van der Waals surface area contributed by atoms with Crippen LogP contribution in [0.2, 0.25) is 0 Å². The lowest BCUT2D eigenvalue weighted by molar-refractivity contribution is 0.102.